The van der Waals surface area contributed by atoms with Crippen molar-refractivity contribution in [1.29, 1.82) is 5.26 Å². The Labute approximate surface area is 168 Å². The van der Waals surface area contributed by atoms with Gasteiger partial charge in [0.15, 0.2) is 9.90 Å². The van der Waals surface area contributed by atoms with E-state index in [0.717, 1.165) is 0 Å². The quantitative estimate of drug-likeness (QED) is 0.386. The molecule has 28 heavy (non-hydrogen) atoms. The molecule has 0 saturated carbocycles. The molecule has 0 radical (unpaired) electrons. The standard InChI is InChI=1S/C18H25N3O6S/c1-16(2,3)14(24)27-10-18(13(22)23,17(4,5)9-19)28-15-20-11(25-6)8-12(21-15)26-7/h8H,10H2,1-7H3,(H,22,23). The van der Waals surface area contributed by atoms with E-state index in [1.165, 1.54) is 34.1 Å². The van der Waals surface area contributed by atoms with E-state index >= 15 is 0 Å². The van der Waals surface area contributed by atoms with E-state index in [0.29, 0.717) is 11.8 Å². The number of thioether (sulfide) groups is 1. The molecule has 0 amide bonds. The highest BCUT2D eigenvalue weighted by molar-refractivity contribution is 8.01. The zero-order chi connectivity index (χ0) is 21.8. The molecule has 0 saturated heterocycles. The Hall–Kier alpha value is -2.54. The Bertz CT molecular complexity index is 762. The molecule has 1 N–H and O–H groups in total. The number of esters is 1. The number of ether oxygens (including phenoxy) is 3. The first kappa shape index (κ1) is 23.5. The average molecular weight is 411 g/mol. The zero-order valence-electron chi connectivity index (χ0n) is 17.0. The lowest BCUT2D eigenvalue weighted by Crippen LogP contribution is -2.52. The molecule has 9 nitrogen and oxygen atoms in total. The van der Waals surface area contributed by atoms with E-state index in [4.69, 9.17) is 14.2 Å². The highest BCUT2D eigenvalue weighted by Gasteiger charge is 2.55. The van der Waals surface area contributed by atoms with E-state index in [-0.39, 0.29) is 16.9 Å². The van der Waals surface area contributed by atoms with Crippen LogP contribution in [0.1, 0.15) is 34.6 Å². The van der Waals surface area contributed by atoms with Crippen molar-refractivity contribution < 1.29 is 28.9 Å². The average Bonchev–Trinajstić information content (AvgIpc) is 2.62. The number of aromatic nitrogens is 2. The SMILES string of the molecule is COc1cc(OC)nc(SC(COC(=O)C(C)(C)C)(C(=O)O)C(C)(C)C#N)n1. The molecular formula is C18H25N3O6S. The fourth-order valence-electron chi connectivity index (χ4n) is 1.98. The van der Waals surface area contributed by atoms with Gasteiger partial charge in [0.1, 0.15) is 6.61 Å². The lowest BCUT2D eigenvalue weighted by Gasteiger charge is -2.37. The molecule has 1 aromatic rings. The van der Waals surface area contributed by atoms with Crippen LogP contribution in [0.5, 0.6) is 11.8 Å². The molecule has 0 aliphatic carbocycles. The first-order valence-electron chi connectivity index (χ1n) is 8.31. The summed E-state index contributed by atoms with van der Waals surface area (Å²) in [7, 11) is 2.79. The smallest absolute Gasteiger partial charge is 0.325 e. The minimum Gasteiger partial charge on any atom is -0.481 e. The number of nitrogens with zero attached hydrogens (tertiary/aromatic N) is 3. The molecule has 0 bridgehead atoms. The summed E-state index contributed by atoms with van der Waals surface area (Å²) in [5.41, 5.74) is -2.28. The van der Waals surface area contributed by atoms with Gasteiger partial charge in [0.05, 0.1) is 37.2 Å². The van der Waals surface area contributed by atoms with Crippen LogP contribution in [0.3, 0.4) is 0 Å². The maximum atomic E-state index is 12.3. The van der Waals surface area contributed by atoms with Gasteiger partial charge in [-0.2, -0.15) is 15.2 Å². The van der Waals surface area contributed by atoms with Crippen molar-refractivity contribution in [3.8, 4) is 17.8 Å². The van der Waals surface area contributed by atoms with Gasteiger partial charge in [0.2, 0.25) is 11.8 Å². The van der Waals surface area contributed by atoms with Gasteiger partial charge in [-0.05, 0) is 34.6 Å². The minimum absolute atomic E-state index is 0.00809. The van der Waals surface area contributed by atoms with Crippen LogP contribution in [-0.4, -0.2) is 52.6 Å². The largest absolute Gasteiger partial charge is 0.481 e. The Kier molecular flexibility index (Phi) is 7.26. The summed E-state index contributed by atoms with van der Waals surface area (Å²) in [4.78, 5) is 32.8. The van der Waals surface area contributed by atoms with Crippen LogP contribution in [0.4, 0.5) is 0 Å². The minimum atomic E-state index is -1.87. The molecule has 1 rings (SSSR count). The highest BCUT2D eigenvalue weighted by atomic mass is 32.2. The summed E-state index contributed by atoms with van der Waals surface area (Å²) < 4.78 is 13.6. The number of hydrogen-bond donors (Lipinski definition) is 1. The molecule has 0 aliphatic heterocycles. The Morgan fingerprint density at radius 2 is 1.64 bits per heavy atom. The van der Waals surface area contributed by atoms with Gasteiger partial charge in [0, 0.05) is 0 Å². The van der Waals surface area contributed by atoms with Crippen LogP contribution >= 0.6 is 11.8 Å². The van der Waals surface area contributed by atoms with Crippen molar-refractivity contribution in [3.63, 3.8) is 0 Å². The van der Waals surface area contributed by atoms with E-state index in [1.54, 1.807) is 20.8 Å². The molecule has 1 atom stereocenters. The summed E-state index contributed by atoms with van der Waals surface area (Å²) in [6.07, 6.45) is 0. The first-order chi connectivity index (χ1) is 12.8. The van der Waals surface area contributed by atoms with Gasteiger partial charge in [-0.25, -0.2) is 0 Å². The molecule has 0 fully saturated rings. The van der Waals surface area contributed by atoms with Gasteiger partial charge in [-0.15, -0.1) is 0 Å². The van der Waals surface area contributed by atoms with Gasteiger partial charge < -0.3 is 19.3 Å². The van der Waals surface area contributed by atoms with Gasteiger partial charge in [-0.1, -0.05) is 11.8 Å². The fraction of sp³-hybridized carbons (Fsp3) is 0.611. The molecule has 154 valence electrons. The summed E-state index contributed by atoms with van der Waals surface area (Å²) in [6, 6.07) is 3.42. The van der Waals surface area contributed by atoms with Crippen molar-refractivity contribution in [3.05, 3.63) is 6.07 Å². The second-order valence-electron chi connectivity index (χ2n) is 7.53. The van der Waals surface area contributed by atoms with Gasteiger partial charge in [-0.3, -0.25) is 9.59 Å². The van der Waals surface area contributed by atoms with Crippen LogP contribution in [0.15, 0.2) is 11.2 Å². The number of carboxylic acids is 1. The normalized spacial score (nSPS) is 13.8. The zero-order valence-corrected chi connectivity index (χ0v) is 17.8. The monoisotopic (exact) mass is 411 g/mol. The fourth-order valence-corrected chi connectivity index (χ4v) is 3.07. The second kappa shape index (κ2) is 8.65. The lowest BCUT2D eigenvalue weighted by molar-refractivity contribution is -0.158. The number of carbonyl (C=O) groups excluding carboxylic acids is 1. The van der Waals surface area contributed by atoms with Gasteiger partial charge in [0.25, 0.3) is 0 Å². The Morgan fingerprint density at radius 1 is 1.14 bits per heavy atom. The molecule has 0 aromatic carbocycles. The highest BCUT2D eigenvalue weighted by Crippen LogP contribution is 2.46. The van der Waals surface area contributed by atoms with E-state index in [9.17, 15) is 20.0 Å². The third-order valence-electron chi connectivity index (χ3n) is 4.00. The molecule has 1 unspecified atom stereocenters. The number of aliphatic carboxylic acids is 1. The second-order valence-corrected chi connectivity index (χ2v) is 8.80. The number of carboxylic acid groups (broad SMARTS) is 1. The molecule has 0 spiro atoms. The third-order valence-corrected chi connectivity index (χ3v) is 5.51. The molecular weight excluding hydrogens is 386 g/mol. The van der Waals surface area contributed by atoms with Crippen LogP contribution < -0.4 is 9.47 Å². The number of carbonyl (C=O) groups is 2. The van der Waals surface area contributed by atoms with Crippen molar-refractivity contribution in [2.75, 3.05) is 20.8 Å². The van der Waals surface area contributed by atoms with Crippen molar-refractivity contribution >= 4 is 23.7 Å². The predicted octanol–water partition coefficient (Wildman–Crippen LogP) is 2.55. The summed E-state index contributed by atoms with van der Waals surface area (Å²) in [5, 5.41) is 19.7. The summed E-state index contributed by atoms with van der Waals surface area (Å²) in [5.74, 6) is -1.60. The van der Waals surface area contributed by atoms with Crippen LogP contribution in [0, 0.1) is 22.2 Å². The summed E-state index contributed by atoms with van der Waals surface area (Å²) in [6.45, 7) is 7.31. The van der Waals surface area contributed by atoms with Gasteiger partial charge >= 0.3 is 11.9 Å². The number of methoxy groups -OCH3 is 2. The van der Waals surface area contributed by atoms with Crippen molar-refractivity contribution in [2.24, 2.45) is 10.8 Å². The molecule has 10 heteroatoms. The third kappa shape index (κ3) is 5.04. The van der Waals surface area contributed by atoms with Crippen LogP contribution in [0.2, 0.25) is 0 Å². The maximum absolute atomic E-state index is 12.3. The Morgan fingerprint density at radius 3 is 2.00 bits per heavy atom. The maximum Gasteiger partial charge on any atom is 0.325 e. The molecule has 1 aromatic heterocycles. The topological polar surface area (TPSA) is 132 Å². The number of rotatable bonds is 8. The molecule has 0 aliphatic rings. The first-order valence-corrected chi connectivity index (χ1v) is 9.12. The van der Waals surface area contributed by atoms with Crippen LogP contribution in [-0.2, 0) is 14.3 Å². The lowest BCUT2D eigenvalue weighted by atomic mass is 9.79. The van der Waals surface area contributed by atoms with Crippen molar-refractivity contribution in [2.45, 2.75) is 44.5 Å². The van der Waals surface area contributed by atoms with E-state index < -0.39 is 34.1 Å². The number of hydrogen-bond acceptors (Lipinski definition) is 9. The molecule has 1 heterocycles. The van der Waals surface area contributed by atoms with Crippen LogP contribution in [0.25, 0.3) is 0 Å². The Balaban J connectivity index is 3.45. The number of nitriles is 1. The van der Waals surface area contributed by atoms with E-state index in [1.807, 2.05) is 6.07 Å². The van der Waals surface area contributed by atoms with E-state index in [2.05, 4.69) is 9.97 Å². The van der Waals surface area contributed by atoms with Crippen molar-refractivity contribution in [1.82, 2.24) is 9.97 Å². The summed E-state index contributed by atoms with van der Waals surface area (Å²) >= 11 is 0.706. The predicted molar refractivity (Wildman–Crippen MR) is 101 cm³/mol.